The summed E-state index contributed by atoms with van der Waals surface area (Å²) in [5.41, 5.74) is 1.06. The van der Waals surface area contributed by atoms with Crippen molar-refractivity contribution in [2.75, 3.05) is 20.2 Å². The Labute approximate surface area is 175 Å². The first-order valence-electron chi connectivity index (χ1n) is 9.64. The van der Waals surface area contributed by atoms with Crippen LogP contribution < -0.4 is 4.74 Å². The zero-order valence-corrected chi connectivity index (χ0v) is 17.4. The summed E-state index contributed by atoms with van der Waals surface area (Å²) >= 11 is 0. The minimum absolute atomic E-state index is 0.114. The van der Waals surface area contributed by atoms with Crippen molar-refractivity contribution in [2.45, 2.75) is 30.4 Å². The van der Waals surface area contributed by atoms with Crippen molar-refractivity contribution in [1.29, 1.82) is 0 Å². The molecule has 0 radical (unpaired) electrons. The molecule has 0 spiro atoms. The van der Waals surface area contributed by atoms with E-state index in [1.807, 2.05) is 30.3 Å². The van der Waals surface area contributed by atoms with Gasteiger partial charge in [-0.25, -0.2) is 8.42 Å². The minimum Gasteiger partial charge on any atom is -0.497 e. The number of hydrogen-bond acceptors (Lipinski definition) is 7. The van der Waals surface area contributed by atoms with Gasteiger partial charge in [-0.3, -0.25) is 0 Å². The molecule has 0 bridgehead atoms. The van der Waals surface area contributed by atoms with E-state index in [4.69, 9.17) is 14.0 Å². The molecule has 30 heavy (non-hydrogen) atoms. The molecule has 1 fully saturated rings. The van der Waals surface area contributed by atoms with Gasteiger partial charge < -0.3 is 14.0 Å². The summed E-state index contributed by atoms with van der Waals surface area (Å²) in [4.78, 5) is 4.61. The third-order valence-corrected chi connectivity index (χ3v) is 6.88. The van der Waals surface area contributed by atoms with Crippen LogP contribution in [0.1, 0.15) is 29.6 Å². The average Bonchev–Trinajstić information content (AvgIpc) is 3.45. The Morgan fingerprint density at radius 3 is 2.77 bits per heavy atom. The zero-order valence-electron chi connectivity index (χ0n) is 16.6. The number of nitrogens with zero attached hydrogens (tertiary/aromatic N) is 3. The average molecular weight is 429 g/mol. The van der Waals surface area contributed by atoms with Crippen LogP contribution in [-0.2, 0) is 28.0 Å². The normalized spacial score (nSPS) is 17.3. The maximum absolute atomic E-state index is 12.9. The Balaban J connectivity index is 1.36. The molecule has 1 aliphatic rings. The van der Waals surface area contributed by atoms with Crippen LogP contribution in [-0.4, -0.2) is 43.1 Å². The second-order valence-corrected chi connectivity index (χ2v) is 8.99. The van der Waals surface area contributed by atoms with Gasteiger partial charge in [-0.15, -0.1) is 0 Å². The minimum atomic E-state index is -3.61. The summed E-state index contributed by atoms with van der Waals surface area (Å²) in [5.74, 6) is 1.29. The van der Waals surface area contributed by atoms with E-state index in [0.717, 1.165) is 5.56 Å². The third kappa shape index (κ3) is 4.53. The highest BCUT2D eigenvalue weighted by Crippen LogP contribution is 2.30. The largest absolute Gasteiger partial charge is 0.497 e. The molecule has 0 N–H and O–H groups in total. The van der Waals surface area contributed by atoms with E-state index in [-0.39, 0.29) is 17.4 Å². The van der Waals surface area contributed by atoms with E-state index in [1.54, 1.807) is 18.2 Å². The molecule has 3 aromatic rings. The Bertz CT molecular complexity index is 1080. The summed E-state index contributed by atoms with van der Waals surface area (Å²) in [6.45, 7) is 1.37. The number of methoxy groups -OCH3 is 1. The fraction of sp³-hybridized carbons (Fsp3) is 0.333. The van der Waals surface area contributed by atoms with Crippen molar-refractivity contribution < 1.29 is 22.4 Å². The topological polar surface area (TPSA) is 94.8 Å². The van der Waals surface area contributed by atoms with E-state index in [9.17, 15) is 8.42 Å². The van der Waals surface area contributed by atoms with Crippen LogP contribution in [0.3, 0.4) is 0 Å². The molecule has 1 saturated heterocycles. The number of ether oxygens (including phenoxy) is 2. The van der Waals surface area contributed by atoms with Gasteiger partial charge in [-0.2, -0.15) is 9.29 Å². The molecular formula is C21H23N3O5S. The van der Waals surface area contributed by atoms with E-state index in [1.165, 1.54) is 17.5 Å². The molecule has 0 aliphatic carbocycles. The van der Waals surface area contributed by atoms with Gasteiger partial charge in [0, 0.05) is 25.1 Å². The number of rotatable bonds is 8. The highest BCUT2D eigenvalue weighted by atomic mass is 32.2. The molecule has 158 valence electrons. The summed E-state index contributed by atoms with van der Waals surface area (Å²) in [7, 11) is -2.10. The Kier molecular flexibility index (Phi) is 6.12. The zero-order chi connectivity index (χ0) is 21.0. The first-order chi connectivity index (χ1) is 14.6. The molecule has 8 nitrogen and oxygen atoms in total. The lowest BCUT2D eigenvalue weighted by molar-refractivity contribution is 0.0850. The molecule has 1 aliphatic heterocycles. The fourth-order valence-corrected chi connectivity index (χ4v) is 4.93. The van der Waals surface area contributed by atoms with Crippen molar-refractivity contribution in [3.63, 3.8) is 0 Å². The van der Waals surface area contributed by atoms with Gasteiger partial charge >= 0.3 is 0 Å². The number of hydrogen-bond donors (Lipinski definition) is 0. The van der Waals surface area contributed by atoms with Crippen molar-refractivity contribution in [1.82, 2.24) is 14.4 Å². The predicted octanol–water partition coefficient (Wildman–Crippen LogP) is 2.97. The highest BCUT2D eigenvalue weighted by molar-refractivity contribution is 7.89. The number of aromatic nitrogens is 2. The summed E-state index contributed by atoms with van der Waals surface area (Å²) in [6.07, 6.45) is 0.632. The quantitative estimate of drug-likeness (QED) is 0.543. The lowest BCUT2D eigenvalue weighted by atomic mass is 10.1. The van der Waals surface area contributed by atoms with Gasteiger partial charge in [0.1, 0.15) is 12.4 Å². The third-order valence-electron chi connectivity index (χ3n) is 5.02. The lowest BCUT2D eigenvalue weighted by Gasteiger charge is -2.16. The van der Waals surface area contributed by atoms with Gasteiger partial charge in [-0.05, 0) is 24.1 Å². The molecule has 2 aromatic carbocycles. The Morgan fingerprint density at radius 1 is 1.13 bits per heavy atom. The van der Waals surface area contributed by atoms with Crippen LogP contribution in [0.5, 0.6) is 5.75 Å². The maximum Gasteiger partial charge on any atom is 0.252 e. The van der Waals surface area contributed by atoms with Crippen LogP contribution in [0, 0.1) is 0 Å². The van der Waals surface area contributed by atoms with Gasteiger partial charge in [0.25, 0.3) is 5.89 Å². The highest BCUT2D eigenvalue weighted by Gasteiger charge is 2.35. The second-order valence-electron chi connectivity index (χ2n) is 7.05. The molecule has 4 rings (SSSR count). The molecule has 9 heteroatoms. The first-order valence-corrected chi connectivity index (χ1v) is 11.1. The smallest absolute Gasteiger partial charge is 0.252 e. The molecule has 1 aromatic heterocycles. The van der Waals surface area contributed by atoms with E-state index in [2.05, 4.69) is 10.1 Å². The molecule has 2 heterocycles. The molecule has 1 atom stereocenters. The fourth-order valence-electron chi connectivity index (χ4n) is 3.39. The molecular weight excluding hydrogens is 406 g/mol. The molecule has 0 amide bonds. The van der Waals surface area contributed by atoms with Crippen LogP contribution in [0.25, 0.3) is 0 Å². The van der Waals surface area contributed by atoms with E-state index < -0.39 is 10.0 Å². The van der Waals surface area contributed by atoms with Gasteiger partial charge in [-0.1, -0.05) is 41.6 Å². The lowest BCUT2D eigenvalue weighted by Crippen LogP contribution is -2.28. The van der Waals surface area contributed by atoms with Crippen LogP contribution in [0.15, 0.2) is 64.0 Å². The standard InChI is InChI=1S/C21H23N3O5S/c1-27-18-8-5-9-19(12-18)30(25,26)24-11-10-17(13-24)21-22-20(29-23-21)15-28-14-16-6-3-2-4-7-16/h2-9,12,17H,10-11,13-15H2,1H3. The SMILES string of the molecule is COc1cccc(S(=O)(=O)N2CCC(c3noc(COCc4ccccc4)n3)C2)c1. The van der Waals surface area contributed by atoms with Crippen LogP contribution in [0.2, 0.25) is 0 Å². The second kappa shape index (κ2) is 8.95. The monoisotopic (exact) mass is 429 g/mol. The van der Waals surface area contributed by atoms with Gasteiger partial charge in [0.2, 0.25) is 10.0 Å². The number of benzene rings is 2. The summed E-state index contributed by atoms with van der Waals surface area (Å²) in [6, 6.07) is 16.3. The maximum atomic E-state index is 12.9. The predicted molar refractivity (Wildman–Crippen MR) is 108 cm³/mol. The van der Waals surface area contributed by atoms with Crippen molar-refractivity contribution in [3.8, 4) is 5.75 Å². The Hall–Kier alpha value is -2.75. The summed E-state index contributed by atoms with van der Waals surface area (Å²) in [5, 5.41) is 4.03. The van der Waals surface area contributed by atoms with E-state index in [0.29, 0.717) is 43.6 Å². The Morgan fingerprint density at radius 2 is 1.97 bits per heavy atom. The van der Waals surface area contributed by atoms with Crippen LogP contribution >= 0.6 is 0 Å². The van der Waals surface area contributed by atoms with Crippen molar-refractivity contribution in [3.05, 3.63) is 71.9 Å². The number of sulfonamides is 1. The van der Waals surface area contributed by atoms with Crippen LogP contribution in [0.4, 0.5) is 0 Å². The first kappa shape index (κ1) is 20.5. The molecule has 1 unspecified atom stereocenters. The van der Waals surface area contributed by atoms with Crippen molar-refractivity contribution >= 4 is 10.0 Å². The van der Waals surface area contributed by atoms with Gasteiger partial charge in [0.05, 0.1) is 18.6 Å². The summed E-state index contributed by atoms with van der Waals surface area (Å²) < 4.78 is 43.4. The van der Waals surface area contributed by atoms with Crippen molar-refractivity contribution in [2.24, 2.45) is 0 Å². The van der Waals surface area contributed by atoms with E-state index >= 15 is 0 Å². The van der Waals surface area contributed by atoms with Gasteiger partial charge in [0.15, 0.2) is 5.82 Å². The molecule has 0 saturated carbocycles.